The maximum absolute atomic E-state index is 13.5. The summed E-state index contributed by atoms with van der Waals surface area (Å²) < 4.78 is 34.5. The first-order chi connectivity index (χ1) is 15.5. The molecule has 1 aliphatic rings. The van der Waals surface area contributed by atoms with Gasteiger partial charge in [-0.3, -0.25) is 14.4 Å². The van der Waals surface area contributed by atoms with Crippen molar-refractivity contribution in [3.8, 4) is 17.0 Å². The highest BCUT2D eigenvalue weighted by atomic mass is 19.2. The largest absolute Gasteiger partial charge is 0.492 e. The van der Waals surface area contributed by atoms with E-state index in [1.165, 1.54) is 25.3 Å². The molecule has 1 fully saturated rings. The molecule has 4 rings (SSSR count). The predicted molar refractivity (Wildman–Crippen MR) is 119 cm³/mol. The SMILES string of the molecule is Cn1nccc1-c1cc(NC(=O)c2ccc(F)c(F)c2)ccc1OCCN1CCCCC1. The molecule has 1 amide bonds. The van der Waals surface area contributed by atoms with Crippen LogP contribution in [0.1, 0.15) is 29.6 Å². The third-order valence-electron chi connectivity index (χ3n) is 5.63. The summed E-state index contributed by atoms with van der Waals surface area (Å²) in [5.74, 6) is -1.90. The number of rotatable bonds is 7. The number of piperidine rings is 1. The summed E-state index contributed by atoms with van der Waals surface area (Å²) in [5.41, 5.74) is 2.17. The normalized spacial score (nSPS) is 14.3. The molecule has 8 heteroatoms. The lowest BCUT2D eigenvalue weighted by Gasteiger charge is -2.26. The number of amides is 1. The number of nitrogens with one attached hydrogen (secondary N) is 1. The number of halogens is 2. The number of hydrogen-bond donors (Lipinski definition) is 1. The third-order valence-corrected chi connectivity index (χ3v) is 5.63. The van der Waals surface area contributed by atoms with Gasteiger partial charge in [0.05, 0.1) is 5.69 Å². The number of ether oxygens (including phenoxy) is 1. The maximum atomic E-state index is 13.5. The molecule has 2 heterocycles. The number of likely N-dealkylation sites (tertiary alicyclic amines) is 1. The van der Waals surface area contributed by atoms with Gasteiger partial charge in [-0.15, -0.1) is 0 Å². The van der Waals surface area contributed by atoms with E-state index < -0.39 is 17.5 Å². The highest BCUT2D eigenvalue weighted by Gasteiger charge is 2.15. The van der Waals surface area contributed by atoms with Crippen molar-refractivity contribution in [1.29, 1.82) is 0 Å². The smallest absolute Gasteiger partial charge is 0.255 e. The Morgan fingerprint density at radius 1 is 1.06 bits per heavy atom. The Labute approximate surface area is 185 Å². The minimum absolute atomic E-state index is 0.0350. The molecule has 0 unspecified atom stereocenters. The Hall–Kier alpha value is -3.26. The zero-order valence-electron chi connectivity index (χ0n) is 18.0. The molecule has 1 aliphatic heterocycles. The van der Waals surface area contributed by atoms with Crippen LogP contribution in [-0.2, 0) is 7.05 Å². The molecule has 1 saturated heterocycles. The molecule has 2 aromatic carbocycles. The summed E-state index contributed by atoms with van der Waals surface area (Å²) in [6, 6.07) is 10.3. The van der Waals surface area contributed by atoms with Gasteiger partial charge in [-0.1, -0.05) is 6.42 Å². The standard InChI is InChI=1S/C24H26F2N4O2/c1-29-22(9-10-27-29)19-16-18(28-24(31)17-5-7-20(25)21(26)15-17)6-8-23(19)32-14-13-30-11-3-2-4-12-30/h5-10,15-16H,2-4,11-14H2,1H3,(H,28,31). The van der Waals surface area contributed by atoms with Crippen LogP contribution in [0.2, 0.25) is 0 Å². The first kappa shape index (κ1) is 22.0. The molecule has 3 aromatic rings. The van der Waals surface area contributed by atoms with Crippen LogP contribution in [0.3, 0.4) is 0 Å². The van der Waals surface area contributed by atoms with E-state index in [0.717, 1.165) is 43.0 Å². The summed E-state index contributed by atoms with van der Waals surface area (Å²) in [4.78, 5) is 14.9. The highest BCUT2D eigenvalue weighted by Crippen LogP contribution is 2.32. The van der Waals surface area contributed by atoms with Gasteiger partial charge in [-0.25, -0.2) is 8.78 Å². The van der Waals surface area contributed by atoms with Gasteiger partial charge in [-0.05, 0) is 68.4 Å². The third kappa shape index (κ3) is 5.13. The fourth-order valence-corrected chi connectivity index (χ4v) is 3.88. The van der Waals surface area contributed by atoms with Crippen LogP contribution < -0.4 is 10.1 Å². The first-order valence-electron chi connectivity index (χ1n) is 10.8. The number of benzene rings is 2. The summed E-state index contributed by atoms with van der Waals surface area (Å²) in [7, 11) is 1.83. The fraction of sp³-hybridized carbons (Fsp3) is 0.333. The Morgan fingerprint density at radius 3 is 2.59 bits per heavy atom. The van der Waals surface area contributed by atoms with E-state index in [4.69, 9.17) is 4.74 Å². The predicted octanol–water partition coefficient (Wildman–Crippen LogP) is 4.48. The van der Waals surface area contributed by atoms with Crippen LogP contribution in [-0.4, -0.2) is 46.8 Å². The summed E-state index contributed by atoms with van der Waals surface area (Å²) in [6.07, 6.45) is 5.44. The number of aryl methyl sites for hydroxylation is 1. The molecule has 32 heavy (non-hydrogen) atoms. The van der Waals surface area contributed by atoms with Gasteiger partial charge in [0, 0.05) is 36.6 Å². The van der Waals surface area contributed by atoms with E-state index >= 15 is 0 Å². The zero-order chi connectivity index (χ0) is 22.5. The van der Waals surface area contributed by atoms with Crippen molar-refractivity contribution >= 4 is 11.6 Å². The monoisotopic (exact) mass is 440 g/mol. The van der Waals surface area contributed by atoms with Crippen LogP contribution in [0.5, 0.6) is 5.75 Å². The molecule has 0 atom stereocenters. The maximum Gasteiger partial charge on any atom is 0.255 e. The lowest BCUT2D eigenvalue weighted by atomic mass is 10.1. The quantitative estimate of drug-likeness (QED) is 0.589. The Morgan fingerprint density at radius 2 is 1.88 bits per heavy atom. The van der Waals surface area contributed by atoms with Gasteiger partial charge in [0.1, 0.15) is 12.4 Å². The highest BCUT2D eigenvalue weighted by molar-refractivity contribution is 6.04. The second kappa shape index (κ2) is 9.91. The minimum Gasteiger partial charge on any atom is -0.492 e. The van der Waals surface area contributed by atoms with Crippen molar-refractivity contribution in [2.24, 2.45) is 7.05 Å². The topological polar surface area (TPSA) is 59.4 Å². The molecule has 6 nitrogen and oxygen atoms in total. The average molecular weight is 440 g/mol. The molecule has 0 radical (unpaired) electrons. The van der Waals surface area contributed by atoms with Gasteiger partial charge >= 0.3 is 0 Å². The van der Waals surface area contributed by atoms with Gasteiger partial charge in [0.2, 0.25) is 0 Å². The molecule has 0 spiro atoms. The molecule has 0 aliphatic carbocycles. The first-order valence-corrected chi connectivity index (χ1v) is 10.8. The second-order valence-corrected chi connectivity index (χ2v) is 7.88. The van der Waals surface area contributed by atoms with Crippen LogP contribution in [0, 0.1) is 11.6 Å². The molecule has 0 saturated carbocycles. The van der Waals surface area contributed by atoms with Crippen molar-refractivity contribution in [2.75, 3.05) is 31.6 Å². The van der Waals surface area contributed by atoms with Gasteiger partial charge in [0.25, 0.3) is 5.91 Å². The zero-order valence-corrected chi connectivity index (χ0v) is 18.0. The van der Waals surface area contributed by atoms with E-state index in [-0.39, 0.29) is 5.56 Å². The molecule has 1 aromatic heterocycles. The summed E-state index contributed by atoms with van der Waals surface area (Å²) >= 11 is 0. The molecule has 1 N–H and O–H groups in total. The lowest BCUT2D eigenvalue weighted by molar-refractivity contribution is 0.102. The van der Waals surface area contributed by atoms with Crippen LogP contribution in [0.25, 0.3) is 11.3 Å². The van der Waals surface area contributed by atoms with Gasteiger partial charge < -0.3 is 10.1 Å². The second-order valence-electron chi connectivity index (χ2n) is 7.88. The molecular weight excluding hydrogens is 414 g/mol. The van der Waals surface area contributed by atoms with E-state index in [0.29, 0.717) is 18.0 Å². The number of aromatic nitrogens is 2. The van der Waals surface area contributed by atoms with Gasteiger partial charge in [0.15, 0.2) is 11.6 Å². The van der Waals surface area contributed by atoms with E-state index in [9.17, 15) is 13.6 Å². The van der Waals surface area contributed by atoms with E-state index in [1.54, 1.807) is 29.1 Å². The fourth-order valence-electron chi connectivity index (χ4n) is 3.88. The van der Waals surface area contributed by atoms with Crippen LogP contribution in [0.4, 0.5) is 14.5 Å². The minimum atomic E-state index is -1.06. The number of carbonyl (C=O) groups excluding carboxylic acids is 1. The summed E-state index contributed by atoms with van der Waals surface area (Å²) in [6.45, 7) is 3.63. The number of hydrogen-bond acceptors (Lipinski definition) is 4. The molecular formula is C24H26F2N4O2. The van der Waals surface area contributed by atoms with E-state index in [1.807, 2.05) is 13.1 Å². The van der Waals surface area contributed by atoms with Crippen LogP contribution in [0.15, 0.2) is 48.7 Å². The molecule has 168 valence electrons. The average Bonchev–Trinajstić information content (AvgIpc) is 3.23. The Bertz CT molecular complexity index is 1090. The van der Waals surface area contributed by atoms with Crippen molar-refractivity contribution in [2.45, 2.75) is 19.3 Å². The Balaban J connectivity index is 1.52. The van der Waals surface area contributed by atoms with Gasteiger partial charge in [-0.2, -0.15) is 5.10 Å². The van der Waals surface area contributed by atoms with Crippen molar-refractivity contribution in [1.82, 2.24) is 14.7 Å². The number of anilines is 1. The van der Waals surface area contributed by atoms with Crippen molar-refractivity contribution in [3.63, 3.8) is 0 Å². The van der Waals surface area contributed by atoms with Crippen molar-refractivity contribution in [3.05, 3.63) is 65.9 Å². The molecule has 0 bridgehead atoms. The number of nitrogens with zero attached hydrogens (tertiary/aromatic N) is 3. The lowest BCUT2D eigenvalue weighted by Crippen LogP contribution is -2.33. The Kier molecular flexibility index (Phi) is 6.80. The summed E-state index contributed by atoms with van der Waals surface area (Å²) in [5, 5.41) is 6.97. The number of carbonyl (C=O) groups is 1. The van der Waals surface area contributed by atoms with E-state index in [2.05, 4.69) is 15.3 Å². The van der Waals surface area contributed by atoms with Crippen LogP contribution >= 0.6 is 0 Å². The van der Waals surface area contributed by atoms with Crippen molar-refractivity contribution < 1.29 is 18.3 Å².